The van der Waals surface area contributed by atoms with Gasteiger partial charge in [0.25, 0.3) is 0 Å². The summed E-state index contributed by atoms with van der Waals surface area (Å²) >= 11 is 0. The van der Waals surface area contributed by atoms with Crippen LogP contribution in [0, 0.1) is 0 Å². The number of aliphatic carboxylic acids is 3. The second kappa shape index (κ2) is 21.4. The van der Waals surface area contributed by atoms with Crippen molar-refractivity contribution >= 4 is 17.9 Å². The molecule has 0 radical (unpaired) electrons. The summed E-state index contributed by atoms with van der Waals surface area (Å²) in [4.78, 5) is 27.8. The molecule has 12 heteroatoms. The van der Waals surface area contributed by atoms with Gasteiger partial charge in [-0.3, -0.25) is 0 Å². The van der Waals surface area contributed by atoms with Gasteiger partial charge in [0.2, 0.25) is 0 Å². The van der Waals surface area contributed by atoms with Gasteiger partial charge in [0.1, 0.15) is 24.4 Å². The summed E-state index contributed by atoms with van der Waals surface area (Å²) in [5.74, 6) is -2.94. The van der Waals surface area contributed by atoms with Crippen LogP contribution in [-0.4, -0.2) is 101 Å². The maximum atomic E-state index is 9.25. The van der Waals surface area contributed by atoms with E-state index in [-0.39, 0.29) is 0 Å². The Morgan fingerprint density at radius 1 is 0.630 bits per heavy atom. The number of rotatable bonds is 8. The van der Waals surface area contributed by atoms with Crippen LogP contribution in [0.4, 0.5) is 0 Å². The van der Waals surface area contributed by atoms with E-state index in [9.17, 15) is 14.4 Å². The van der Waals surface area contributed by atoms with Crippen LogP contribution in [0.3, 0.4) is 0 Å². The molecule has 0 saturated carbocycles. The first-order chi connectivity index (χ1) is 12.4. The molecule has 12 nitrogen and oxygen atoms in total. The molecule has 0 aromatic carbocycles. The number of carbonyl (C=O) groups is 3. The highest BCUT2D eigenvalue weighted by Gasteiger charge is 2.29. The molecule has 0 aliphatic heterocycles. The lowest BCUT2D eigenvalue weighted by Crippen LogP contribution is -2.46. The Morgan fingerprint density at radius 3 is 0.852 bits per heavy atom. The summed E-state index contributed by atoms with van der Waals surface area (Å²) in [6, 6.07) is 0. The number of hydrogen-bond acceptors (Lipinski definition) is 9. The van der Waals surface area contributed by atoms with Gasteiger partial charge in [-0.1, -0.05) is 19.7 Å². The van der Waals surface area contributed by atoms with Crippen molar-refractivity contribution in [3.05, 3.63) is 38.0 Å². The zero-order valence-electron chi connectivity index (χ0n) is 14.3. The molecule has 0 unspecified atom stereocenters. The average Bonchev–Trinajstić information content (AvgIpc) is 2.66. The standard InChI is InChI=1S/C6H14O6.3C3H4O2/c7-1-3(9)5(11)6(12)4(10)2-8;3*1-2-3(4)5/h3-12H,1-2H2;3*2H,1H2,(H,4,5)/t3-,4+,5-,6-;;;/m1.../s1. The van der Waals surface area contributed by atoms with Gasteiger partial charge >= 0.3 is 17.9 Å². The zero-order valence-corrected chi connectivity index (χ0v) is 14.3. The Balaban J connectivity index is -0.000000147. The first kappa shape index (κ1) is 32.1. The molecule has 0 rings (SSSR count). The first-order valence-corrected chi connectivity index (χ1v) is 6.86. The molecular weight excluding hydrogens is 372 g/mol. The fourth-order valence-electron chi connectivity index (χ4n) is 0.671. The van der Waals surface area contributed by atoms with Crippen LogP contribution in [0.15, 0.2) is 38.0 Å². The summed E-state index contributed by atoms with van der Waals surface area (Å²) in [5, 5.41) is 75.0. The zero-order chi connectivity index (χ0) is 22.6. The molecule has 0 amide bonds. The van der Waals surface area contributed by atoms with Crippen molar-refractivity contribution in [3.8, 4) is 0 Å². The van der Waals surface area contributed by atoms with Crippen LogP contribution in [0.5, 0.6) is 0 Å². The molecule has 0 spiro atoms. The van der Waals surface area contributed by atoms with E-state index in [0.717, 1.165) is 18.2 Å². The van der Waals surface area contributed by atoms with Crippen molar-refractivity contribution < 1.29 is 60.3 Å². The molecule has 0 aliphatic carbocycles. The topological polar surface area (TPSA) is 233 Å². The lowest BCUT2D eigenvalue weighted by atomic mass is 10.0. The van der Waals surface area contributed by atoms with Gasteiger partial charge in [-0.05, 0) is 0 Å². The second-order valence-electron chi connectivity index (χ2n) is 4.11. The summed E-state index contributed by atoms with van der Waals surface area (Å²) in [6.07, 6.45) is -3.89. The molecule has 0 aromatic rings. The van der Waals surface area contributed by atoms with Gasteiger partial charge in [-0.25, -0.2) is 14.4 Å². The number of carboxylic acid groups (broad SMARTS) is 3. The van der Waals surface area contributed by atoms with Gasteiger partial charge in [0.05, 0.1) is 13.2 Å². The third kappa shape index (κ3) is 28.5. The fraction of sp³-hybridized carbons (Fsp3) is 0.400. The molecule has 27 heavy (non-hydrogen) atoms. The number of hydrogen-bond donors (Lipinski definition) is 9. The van der Waals surface area contributed by atoms with Crippen LogP contribution >= 0.6 is 0 Å². The summed E-state index contributed by atoms with van der Waals surface area (Å²) in [5.41, 5.74) is 0. The quantitative estimate of drug-likeness (QED) is 0.188. The molecule has 9 N–H and O–H groups in total. The van der Waals surface area contributed by atoms with E-state index in [4.69, 9.17) is 46.0 Å². The van der Waals surface area contributed by atoms with Gasteiger partial charge in [0, 0.05) is 18.2 Å². The number of aliphatic hydroxyl groups is 6. The van der Waals surface area contributed by atoms with Gasteiger partial charge in [-0.15, -0.1) is 0 Å². The van der Waals surface area contributed by atoms with E-state index in [2.05, 4.69) is 19.7 Å². The van der Waals surface area contributed by atoms with E-state index < -0.39 is 55.5 Å². The van der Waals surface area contributed by atoms with E-state index in [0.29, 0.717) is 0 Å². The van der Waals surface area contributed by atoms with Crippen molar-refractivity contribution in [2.45, 2.75) is 24.4 Å². The molecular formula is C15H26O12. The van der Waals surface area contributed by atoms with E-state index in [1.807, 2.05) is 0 Å². The Labute approximate surface area is 154 Å². The van der Waals surface area contributed by atoms with Crippen molar-refractivity contribution in [2.24, 2.45) is 0 Å². The molecule has 0 saturated heterocycles. The molecule has 0 bridgehead atoms. The molecule has 0 aliphatic rings. The van der Waals surface area contributed by atoms with Crippen LogP contribution in [0.2, 0.25) is 0 Å². The van der Waals surface area contributed by atoms with E-state index in [1.54, 1.807) is 0 Å². The lowest BCUT2D eigenvalue weighted by Gasteiger charge is -2.24. The highest BCUT2D eigenvalue weighted by atomic mass is 16.4. The summed E-state index contributed by atoms with van der Waals surface area (Å²) in [6.45, 7) is 7.43. The maximum Gasteiger partial charge on any atom is 0.327 e. The third-order valence-corrected chi connectivity index (χ3v) is 2.04. The third-order valence-electron chi connectivity index (χ3n) is 2.04. The molecule has 158 valence electrons. The van der Waals surface area contributed by atoms with Gasteiger partial charge in [0.15, 0.2) is 0 Å². The molecule has 0 aromatic heterocycles. The lowest BCUT2D eigenvalue weighted by molar-refractivity contribution is -0.132. The SMILES string of the molecule is C=CC(=O)O.C=CC(=O)O.C=CC(=O)O.OC[C@@H](O)[C@@H](O)[C@H](O)[C@@H](O)CO. The van der Waals surface area contributed by atoms with Crippen molar-refractivity contribution in [1.29, 1.82) is 0 Å². The average molecular weight is 398 g/mol. The van der Waals surface area contributed by atoms with Crippen LogP contribution in [0.1, 0.15) is 0 Å². The smallest absolute Gasteiger partial charge is 0.327 e. The van der Waals surface area contributed by atoms with E-state index >= 15 is 0 Å². The molecule has 4 atom stereocenters. The second-order valence-corrected chi connectivity index (χ2v) is 4.11. The minimum Gasteiger partial charge on any atom is -0.478 e. The minimum absolute atomic E-state index is 0.726. The summed E-state index contributed by atoms with van der Waals surface area (Å²) in [7, 11) is 0. The summed E-state index contributed by atoms with van der Waals surface area (Å²) < 4.78 is 0. The predicted octanol–water partition coefficient (Wildman–Crippen LogP) is -2.81. The first-order valence-electron chi connectivity index (χ1n) is 6.86. The minimum atomic E-state index is -1.67. The Kier molecular flexibility index (Phi) is 25.5. The van der Waals surface area contributed by atoms with Crippen LogP contribution < -0.4 is 0 Å². The number of aliphatic hydroxyl groups excluding tert-OH is 6. The van der Waals surface area contributed by atoms with E-state index in [1.165, 1.54) is 0 Å². The van der Waals surface area contributed by atoms with Crippen molar-refractivity contribution in [1.82, 2.24) is 0 Å². The fourth-order valence-corrected chi connectivity index (χ4v) is 0.671. The Morgan fingerprint density at radius 2 is 0.778 bits per heavy atom. The largest absolute Gasteiger partial charge is 0.478 e. The highest BCUT2D eigenvalue weighted by molar-refractivity contribution is 5.79. The van der Waals surface area contributed by atoms with Crippen LogP contribution in [-0.2, 0) is 14.4 Å². The number of carboxylic acids is 3. The molecule has 0 heterocycles. The van der Waals surface area contributed by atoms with Crippen molar-refractivity contribution in [2.75, 3.05) is 13.2 Å². The predicted molar refractivity (Wildman–Crippen MR) is 91.7 cm³/mol. The van der Waals surface area contributed by atoms with Gasteiger partial charge < -0.3 is 46.0 Å². The monoisotopic (exact) mass is 398 g/mol. The highest BCUT2D eigenvalue weighted by Crippen LogP contribution is 2.03. The normalized spacial score (nSPS) is 13.1. The van der Waals surface area contributed by atoms with Crippen molar-refractivity contribution in [3.63, 3.8) is 0 Å². The van der Waals surface area contributed by atoms with Crippen LogP contribution in [0.25, 0.3) is 0 Å². The Hall–Kier alpha value is -2.61. The molecule has 0 fully saturated rings. The van der Waals surface area contributed by atoms with Gasteiger partial charge in [-0.2, -0.15) is 0 Å². The maximum absolute atomic E-state index is 9.25. The Bertz CT molecular complexity index is 391.